The van der Waals surface area contributed by atoms with Gasteiger partial charge in [0.25, 0.3) is 0 Å². The Hall–Kier alpha value is -1.11. The van der Waals surface area contributed by atoms with Crippen LogP contribution in [-0.2, 0) is 0 Å². The van der Waals surface area contributed by atoms with E-state index in [4.69, 9.17) is 0 Å². The quantitative estimate of drug-likeness (QED) is 0.575. The summed E-state index contributed by atoms with van der Waals surface area (Å²) >= 11 is 0. The highest BCUT2D eigenvalue weighted by molar-refractivity contribution is 5.64. The second kappa shape index (κ2) is 3.33. The molecule has 0 N–H and O–H groups in total. The summed E-state index contributed by atoms with van der Waals surface area (Å²) in [6.07, 6.45) is 0. The lowest BCUT2D eigenvalue weighted by molar-refractivity contribution is 0.643. The van der Waals surface area contributed by atoms with Crippen molar-refractivity contribution in [2.45, 2.75) is 13.8 Å². The predicted molar refractivity (Wildman–Crippen MR) is 45.8 cm³/mol. The SMILES string of the molecule is C/C(F)=C(/C)c1ccccc1. The maximum atomic E-state index is 12.7. The van der Waals surface area contributed by atoms with Gasteiger partial charge in [-0.3, -0.25) is 0 Å². The smallest absolute Gasteiger partial charge is 0.100 e. The summed E-state index contributed by atoms with van der Waals surface area (Å²) in [6.45, 7) is 3.26. The first-order chi connectivity index (χ1) is 5.22. The highest BCUT2D eigenvalue weighted by atomic mass is 19.1. The molecule has 1 aromatic carbocycles. The molecule has 0 amide bonds. The molecule has 58 valence electrons. The topological polar surface area (TPSA) is 0 Å². The summed E-state index contributed by atoms with van der Waals surface area (Å²) in [4.78, 5) is 0. The average molecular weight is 150 g/mol. The Morgan fingerprint density at radius 3 is 2.09 bits per heavy atom. The summed E-state index contributed by atoms with van der Waals surface area (Å²) in [5.74, 6) is -0.115. The highest BCUT2D eigenvalue weighted by Crippen LogP contribution is 2.17. The molecule has 0 fully saturated rings. The molecular weight excluding hydrogens is 139 g/mol. The molecule has 0 aliphatic heterocycles. The van der Waals surface area contributed by atoms with E-state index in [2.05, 4.69) is 0 Å². The van der Waals surface area contributed by atoms with E-state index in [1.54, 1.807) is 6.92 Å². The van der Waals surface area contributed by atoms with E-state index in [1.165, 1.54) is 6.92 Å². The molecule has 11 heavy (non-hydrogen) atoms. The predicted octanol–water partition coefficient (Wildman–Crippen LogP) is 3.41. The van der Waals surface area contributed by atoms with Gasteiger partial charge in [0.2, 0.25) is 0 Å². The Balaban J connectivity index is 3.04. The summed E-state index contributed by atoms with van der Waals surface area (Å²) < 4.78 is 12.7. The van der Waals surface area contributed by atoms with Gasteiger partial charge in [0.1, 0.15) is 5.83 Å². The van der Waals surface area contributed by atoms with Crippen LogP contribution in [0.3, 0.4) is 0 Å². The Bertz CT molecular complexity index is 255. The van der Waals surface area contributed by atoms with E-state index in [0.29, 0.717) is 5.57 Å². The van der Waals surface area contributed by atoms with Crippen LogP contribution in [0.4, 0.5) is 4.39 Å². The molecule has 1 heteroatoms. The summed E-state index contributed by atoms with van der Waals surface area (Å²) in [5, 5.41) is 0. The van der Waals surface area contributed by atoms with Gasteiger partial charge in [-0.1, -0.05) is 30.3 Å². The van der Waals surface area contributed by atoms with Crippen LogP contribution in [0.5, 0.6) is 0 Å². The molecule has 0 bridgehead atoms. The van der Waals surface area contributed by atoms with Crippen molar-refractivity contribution in [3.63, 3.8) is 0 Å². The first kappa shape index (κ1) is 7.99. The van der Waals surface area contributed by atoms with Gasteiger partial charge in [0, 0.05) is 0 Å². The number of allylic oxidation sites excluding steroid dienone is 2. The minimum absolute atomic E-state index is 0.115. The van der Waals surface area contributed by atoms with E-state index in [9.17, 15) is 4.39 Å². The Labute approximate surface area is 66.4 Å². The van der Waals surface area contributed by atoms with Gasteiger partial charge in [-0.2, -0.15) is 0 Å². The van der Waals surface area contributed by atoms with E-state index >= 15 is 0 Å². The van der Waals surface area contributed by atoms with Crippen LogP contribution in [0.25, 0.3) is 5.57 Å². The van der Waals surface area contributed by atoms with Gasteiger partial charge >= 0.3 is 0 Å². The molecule has 0 aliphatic rings. The van der Waals surface area contributed by atoms with Crippen molar-refractivity contribution in [3.05, 3.63) is 41.7 Å². The van der Waals surface area contributed by atoms with Crippen molar-refractivity contribution in [2.75, 3.05) is 0 Å². The molecule has 1 rings (SSSR count). The van der Waals surface area contributed by atoms with Gasteiger partial charge in [-0.15, -0.1) is 0 Å². The standard InChI is InChI=1S/C10H11F/c1-8(9(2)11)10-6-4-3-5-7-10/h3-7H,1-2H3/b9-8+. The molecule has 0 atom stereocenters. The molecule has 0 spiro atoms. The monoisotopic (exact) mass is 150 g/mol. The third kappa shape index (κ3) is 1.90. The third-order valence-electron chi connectivity index (χ3n) is 1.72. The van der Waals surface area contributed by atoms with Gasteiger partial charge in [-0.05, 0) is 25.0 Å². The average Bonchev–Trinajstić information content (AvgIpc) is 2.05. The van der Waals surface area contributed by atoms with Crippen LogP contribution < -0.4 is 0 Å². The van der Waals surface area contributed by atoms with Crippen LogP contribution in [0, 0.1) is 0 Å². The summed E-state index contributed by atoms with van der Waals surface area (Å²) in [6, 6.07) is 9.53. The van der Waals surface area contributed by atoms with Gasteiger partial charge in [0.05, 0.1) is 0 Å². The summed E-state index contributed by atoms with van der Waals surface area (Å²) in [5.41, 5.74) is 1.66. The molecule has 0 saturated carbocycles. The fourth-order valence-electron chi connectivity index (χ4n) is 0.887. The van der Waals surface area contributed by atoms with Crippen molar-refractivity contribution in [1.82, 2.24) is 0 Å². The van der Waals surface area contributed by atoms with E-state index < -0.39 is 0 Å². The summed E-state index contributed by atoms with van der Waals surface area (Å²) in [7, 11) is 0. The maximum Gasteiger partial charge on any atom is 0.100 e. The molecular formula is C10H11F. The first-order valence-corrected chi connectivity index (χ1v) is 3.60. The maximum absolute atomic E-state index is 12.7. The number of halogens is 1. The lowest BCUT2D eigenvalue weighted by Gasteiger charge is -1.99. The lowest BCUT2D eigenvalue weighted by atomic mass is 10.1. The first-order valence-electron chi connectivity index (χ1n) is 3.60. The Kier molecular flexibility index (Phi) is 2.42. The minimum atomic E-state index is -0.115. The lowest BCUT2D eigenvalue weighted by Crippen LogP contribution is -1.79. The number of hydrogen-bond acceptors (Lipinski definition) is 0. The van der Waals surface area contributed by atoms with Gasteiger partial charge in [0.15, 0.2) is 0 Å². The highest BCUT2D eigenvalue weighted by Gasteiger charge is 1.96. The molecule has 0 aromatic heterocycles. The van der Waals surface area contributed by atoms with Crippen LogP contribution >= 0.6 is 0 Å². The van der Waals surface area contributed by atoms with Crippen molar-refractivity contribution in [2.24, 2.45) is 0 Å². The number of benzene rings is 1. The molecule has 0 nitrogen and oxygen atoms in total. The van der Waals surface area contributed by atoms with Gasteiger partial charge in [-0.25, -0.2) is 4.39 Å². The van der Waals surface area contributed by atoms with Crippen molar-refractivity contribution >= 4 is 5.57 Å². The minimum Gasteiger partial charge on any atom is -0.212 e. The van der Waals surface area contributed by atoms with Crippen LogP contribution in [0.1, 0.15) is 19.4 Å². The fourth-order valence-corrected chi connectivity index (χ4v) is 0.887. The number of rotatable bonds is 1. The number of hydrogen-bond donors (Lipinski definition) is 0. The second-order valence-corrected chi connectivity index (χ2v) is 2.52. The molecule has 0 aliphatic carbocycles. The molecule has 1 aromatic rings. The van der Waals surface area contributed by atoms with E-state index in [1.807, 2.05) is 30.3 Å². The van der Waals surface area contributed by atoms with Crippen LogP contribution in [0.15, 0.2) is 36.2 Å². The zero-order valence-corrected chi connectivity index (χ0v) is 6.76. The van der Waals surface area contributed by atoms with Crippen molar-refractivity contribution < 1.29 is 4.39 Å². The van der Waals surface area contributed by atoms with Crippen molar-refractivity contribution in [3.8, 4) is 0 Å². The van der Waals surface area contributed by atoms with E-state index in [-0.39, 0.29) is 5.83 Å². The largest absolute Gasteiger partial charge is 0.212 e. The molecule has 0 unspecified atom stereocenters. The normalized spacial score (nSPS) is 12.6. The fraction of sp³-hybridized carbons (Fsp3) is 0.200. The Morgan fingerprint density at radius 2 is 1.64 bits per heavy atom. The van der Waals surface area contributed by atoms with Gasteiger partial charge < -0.3 is 0 Å². The zero-order chi connectivity index (χ0) is 8.27. The Morgan fingerprint density at radius 1 is 1.09 bits per heavy atom. The van der Waals surface area contributed by atoms with Crippen LogP contribution in [0.2, 0.25) is 0 Å². The molecule has 0 heterocycles. The molecule has 0 saturated heterocycles. The second-order valence-electron chi connectivity index (χ2n) is 2.52. The zero-order valence-electron chi connectivity index (χ0n) is 6.76. The van der Waals surface area contributed by atoms with Crippen LogP contribution in [-0.4, -0.2) is 0 Å². The molecule has 0 radical (unpaired) electrons. The third-order valence-corrected chi connectivity index (χ3v) is 1.72. The van der Waals surface area contributed by atoms with Crippen molar-refractivity contribution in [1.29, 1.82) is 0 Å². The van der Waals surface area contributed by atoms with E-state index in [0.717, 1.165) is 5.56 Å².